The molecule has 0 aromatic carbocycles. The van der Waals surface area contributed by atoms with E-state index in [1.807, 2.05) is 13.8 Å². The predicted octanol–water partition coefficient (Wildman–Crippen LogP) is 0.807. The van der Waals surface area contributed by atoms with E-state index in [0.717, 1.165) is 25.7 Å². The molecule has 1 amide bonds. The van der Waals surface area contributed by atoms with E-state index in [-0.39, 0.29) is 41.9 Å². The molecule has 4 atom stereocenters. The average Bonchev–Trinajstić information content (AvgIpc) is 3.13. The quantitative estimate of drug-likeness (QED) is 0.0642. The van der Waals surface area contributed by atoms with Crippen LogP contribution in [0.25, 0.3) is 0 Å². The third-order valence-electron chi connectivity index (χ3n) is 7.96. The highest BCUT2D eigenvalue weighted by Crippen LogP contribution is 2.66. The molecule has 4 saturated carbocycles. The normalized spacial score (nSPS) is 29.2. The molecule has 0 saturated heterocycles. The van der Waals surface area contributed by atoms with Gasteiger partial charge in [0.1, 0.15) is 5.78 Å². The highest BCUT2D eigenvalue weighted by Gasteiger charge is 2.61. The Morgan fingerprint density at radius 3 is 2.44 bits per heavy atom. The lowest BCUT2D eigenvalue weighted by Gasteiger charge is -2.33. The number of amides is 1. The Hall–Kier alpha value is -2.21. The molecule has 2 unspecified atom stereocenters. The second-order valence-corrected chi connectivity index (χ2v) is 11.0. The largest absolute Gasteiger partial charge is 0.475 e. The van der Waals surface area contributed by atoms with Gasteiger partial charge in [0.2, 0.25) is 5.91 Å². The van der Waals surface area contributed by atoms with Crippen LogP contribution in [0.3, 0.4) is 0 Å². The van der Waals surface area contributed by atoms with Crippen LogP contribution in [-0.2, 0) is 9.59 Å². The fraction of sp³-hybridized carbons (Fsp3) is 0.864. The van der Waals surface area contributed by atoms with Gasteiger partial charge in [-0.1, -0.05) is 19.3 Å². The molecule has 190 valence electrons. The van der Waals surface area contributed by atoms with Crippen LogP contribution in [0.2, 0.25) is 0 Å². The molecular formula is C22H38BN5O6. The van der Waals surface area contributed by atoms with Crippen molar-refractivity contribution in [1.29, 1.82) is 0 Å². The van der Waals surface area contributed by atoms with Crippen molar-refractivity contribution < 1.29 is 24.7 Å². The number of ketones is 1. The highest BCUT2D eigenvalue weighted by molar-refractivity contribution is 6.43. The predicted molar refractivity (Wildman–Crippen MR) is 127 cm³/mol. The average molecular weight is 479 g/mol. The molecule has 4 fully saturated rings. The van der Waals surface area contributed by atoms with Gasteiger partial charge in [0, 0.05) is 24.3 Å². The van der Waals surface area contributed by atoms with E-state index in [2.05, 4.69) is 10.3 Å². The van der Waals surface area contributed by atoms with Crippen molar-refractivity contribution in [2.75, 3.05) is 6.54 Å². The number of carbonyl (C=O) groups is 2. The summed E-state index contributed by atoms with van der Waals surface area (Å²) in [7, 11) is -1.69. The van der Waals surface area contributed by atoms with Crippen molar-refractivity contribution in [1.82, 2.24) is 10.7 Å². The van der Waals surface area contributed by atoms with Gasteiger partial charge in [0.15, 0.2) is 5.03 Å². The second-order valence-electron chi connectivity index (χ2n) is 11.0. The van der Waals surface area contributed by atoms with Gasteiger partial charge in [0.05, 0.1) is 5.94 Å². The number of hydrogen-bond donors (Lipinski definition) is 5. The van der Waals surface area contributed by atoms with Crippen LogP contribution in [0.5, 0.6) is 0 Å². The molecule has 0 radical (unpaired) electrons. The molecule has 0 heterocycles. The van der Waals surface area contributed by atoms with E-state index in [4.69, 9.17) is 5.73 Å². The van der Waals surface area contributed by atoms with Crippen LogP contribution in [-0.4, -0.2) is 52.3 Å². The van der Waals surface area contributed by atoms with Gasteiger partial charge in [-0.05, 0) is 75.0 Å². The Morgan fingerprint density at radius 2 is 1.88 bits per heavy atom. The van der Waals surface area contributed by atoms with Crippen molar-refractivity contribution in [3.05, 3.63) is 10.1 Å². The third-order valence-corrected chi connectivity index (χ3v) is 7.96. The number of guanidine groups is 1. The molecule has 4 aliphatic rings. The number of carbonyl (C=O) groups excluding carboxylic acids is 2. The maximum Gasteiger partial charge on any atom is 0.475 e. The number of hydrogen-bond acceptors (Lipinski definition) is 7. The standard InChI is InChI=1S/C22H38BN5O6/c1-13(2)6-19(23(31)32)26-20(30)16(4-3-5-25-21(24)27-28(33)34)10-18(29)22-11-14-7-15(12-22)9-17(22)8-14/h13-17,19,31-32H,3-12H2,1-2H3,(H,26,30)(H3,24,25,27)/t14?,15?,16-,17?,19+,22?/m1/s1. The van der Waals surface area contributed by atoms with Crippen molar-refractivity contribution in [3.8, 4) is 0 Å². The molecular weight excluding hydrogens is 441 g/mol. The Balaban J connectivity index is 1.66. The molecule has 0 aromatic rings. The Kier molecular flexibility index (Phi) is 8.56. The van der Waals surface area contributed by atoms with Crippen LogP contribution >= 0.6 is 0 Å². The highest BCUT2D eigenvalue weighted by atomic mass is 16.7. The lowest BCUT2D eigenvalue weighted by molar-refractivity contribution is -0.525. The number of nitrogens with one attached hydrogen (secondary N) is 2. The minimum atomic E-state index is -1.69. The summed E-state index contributed by atoms with van der Waals surface area (Å²) in [5, 5.41) is 31.8. The topological polar surface area (TPSA) is 180 Å². The fourth-order valence-electron chi connectivity index (χ4n) is 6.73. The third kappa shape index (κ3) is 6.27. The molecule has 34 heavy (non-hydrogen) atoms. The summed E-state index contributed by atoms with van der Waals surface area (Å²) in [6.07, 6.45) is 6.57. The summed E-state index contributed by atoms with van der Waals surface area (Å²) in [4.78, 5) is 41.1. The van der Waals surface area contributed by atoms with Gasteiger partial charge in [0.25, 0.3) is 5.96 Å². The number of nitrogens with zero attached hydrogens (tertiary/aromatic N) is 2. The summed E-state index contributed by atoms with van der Waals surface area (Å²) < 4.78 is 0. The van der Waals surface area contributed by atoms with Gasteiger partial charge < -0.3 is 21.1 Å². The van der Waals surface area contributed by atoms with Gasteiger partial charge in [-0.25, -0.2) is 15.1 Å². The molecule has 12 heteroatoms. The number of nitro groups is 1. The maximum atomic E-state index is 13.6. The van der Waals surface area contributed by atoms with E-state index in [0.29, 0.717) is 37.0 Å². The first-order chi connectivity index (χ1) is 16.0. The van der Waals surface area contributed by atoms with E-state index in [9.17, 15) is 29.8 Å². The fourth-order valence-corrected chi connectivity index (χ4v) is 6.73. The van der Waals surface area contributed by atoms with Crippen LogP contribution in [0.1, 0.15) is 71.6 Å². The summed E-state index contributed by atoms with van der Waals surface area (Å²) in [5.41, 5.74) is 6.92. The van der Waals surface area contributed by atoms with Crippen LogP contribution in [0, 0.1) is 45.1 Å². The number of aliphatic imine (C=N–C) groups is 1. The maximum absolute atomic E-state index is 13.6. The molecule has 6 N–H and O–H groups in total. The second kappa shape index (κ2) is 11.0. The Morgan fingerprint density at radius 1 is 1.24 bits per heavy atom. The van der Waals surface area contributed by atoms with Gasteiger partial charge in [-0.15, -0.1) is 0 Å². The zero-order chi connectivity index (χ0) is 25.0. The minimum absolute atomic E-state index is 0.115. The minimum Gasteiger partial charge on any atom is -0.426 e. The molecule has 0 aromatic heterocycles. The van der Waals surface area contributed by atoms with Crippen LogP contribution in [0.15, 0.2) is 4.99 Å². The number of nitrogens with two attached hydrogens (primary N) is 1. The van der Waals surface area contributed by atoms with Gasteiger partial charge >= 0.3 is 7.12 Å². The molecule has 4 rings (SSSR count). The summed E-state index contributed by atoms with van der Waals surface area (Å²) >= 11 is 0. The molecule has 4 bridgehead atoms. The number of hydrazine groups is 1. The molecule has 0 aliphatic heterocycles. The van der Waals surface area contributed by atoms with E-state index in [1.165, 1.54) is 6.42 Å². The molecule has 11 nitrogen and oxygen atoms in total. The monoisotopic (exact) mass is 479 g/mol. The lowest BCUT2D eigenvalue weighted by Crippen LogP contribution is -2.49. The number of Topliss-reactive ketones (excluding diaryl/α,β-unsaturated/α-hetero) is 1. The number of rotatable bonds is 13. The van der Waals surface area contributed by atoms with E-state index >= 15 is 0 Å². The van der Waals surface area contributed by atoms with E-state index < -0.39 is 24.0 Å². The SMILES string of the molecule is CC(C)C[C@H](NC(=O)[C@H](CCCN=C(N)N[N+](=O)[O-])CC(=O)C12CC3CC(CC1C3)C2)B(O)O. The van der Waals surface area contributed by atoms with E-state index in [1.54, 1.807) is 5.43 Å². The zero-order valence-corrected chi connectivity index (χ0v) is 20.1. The van der Waals surface area contributed by atoms with Crippen molar-refractivity contribution in [2.24, 2.45) is 45.7 Å². The smallest absolute Gasteiger partial charge is 0.426 e. The lowest BCUT2D eigenvalue weighted by atomic mass is 9.70. The first-order valence-electron chi connectivity index (χ1n) is 12.4. The first-order valence-corrected chi connectivity index (χ1v) is 12.4. The Bertz CT molecular complexity index is 793. The van der Waals surface area contributed by atoms with Gasteiger partial charge in [-0.3, -0.25) is 9.59 Å². The van der Waals surface area contributed by atoms with Crippen LogP contribution < -0.4 is 16.5 Å². The Labute approximate surface area is 200 Å². The first kappa shape index (κ1) is 26.4. The van der Waals surface area contributed by atoms with Crippen molar-refractivity contribution in [2.45, 2.75) is 77.6 Å². The van der Waals surface area contributed by atoms with Crippen molar-refractivity contribution in [3.63, 3.8) is 0 Å². The summed E-state index contributed by atoms with van der Waals surface area (Å²) in [5.74, 6) is -0.166. The summed E-state index contributed by atoms with van der Waals surface area (Å²) in [6, 6.07) is 0. The molecule has 0 spiro atoms. The summed E-state index contributed by atoms with van der Waals surface area (Å²) in [6.45, 7) is 4.02. The van der Waals surface area contributed by atoms with Crippen molar-refractivity contribution >= 4 is 24.8 Å². The zero-order valence-electron chi connectivity index (χ0n) is 20.1. The van der Waals surface area contributed by atoms with Crippen LogP contribution in [0.4, 0.5) is 0 Å². The van der Waals surface area contributed by atoms with Gasteiger partial charge in [-0.2, -0.15) is 0 Å². The molecule has 4 aliphatic carbocycles.